The number of aryl methyl sites for hydroxylation is 1. The molecule has 0 spiro atoms. The predicted molar refractivity (Wildman–Crippen MR) is 136 cm³/mol. The van der Waals surface area contributed by atoms with E-state index < -0.39 is 13.7 Å². The highest BCUT2D eigenvalue weighted by molar-refractivity contribution is 6.93. The third-order valence-electron chi connectivity index (χ3n) is 7.55. The molecule has 0 bridgehead atoms. The van der Waals surface area contributed by atoms with Gasteiger partial charge in [-0.05, 0) is 70.0 Å². The Kier molecular flexibility index (Phi) is 8.64. The van der Waals surface area contributed by atoms with E-state index in [0.29, 0.717) is 22.4 Å². The number of ketones is 1. The SMILES string of the molecule is Cc1nc([Si](C(C)C)(C(C)C)C(C)C)oc1C(=O)[C@H]1CC[C@@H](N(C)C(=O)OC(C)(C)C)CC1. The van der Waals surface area contributed by atoms with Crippen molar-refractivity contribution in [3.63, 3.8) is 0 Å². The molecule has 0 radical (unpaired) electrons. The van der Waals surface area contributed by atoms with Gasteiger partial charge >= 0.3 is 6.09 Å². The van der Waals surface area contributed by atoms with Crippen LogP contribution in [0.25, 0.3) is 0 Å². The molecule has 1 saturated carbocycles. The van der Waals surface area contributed by atoms with E-state index in [1.54, 1.807) is 11.9 Å². The topological polar surface area (TPSA) is 72.6 Å². The minimum atomic E-state index is -2.06. The van der Waals surface area contributed by atoms with Crippen LogP contribution in [0.15, 0.2) is 4.42 Å². The number of oxazole rings is 1. The minimum Gasteiger partial charge on any atom is -0.444 e. The van der Waals surface area contributed by atoms with Gasteiger partial charge in [0.25, 0.3) is 0 Å². The van der Waals surface area contributed by atoms with Crippen molar-refractivity contribution in [1.29, 1.82) is 0 Å². The second-order valence-electron chi connectivity index (χ2n) is 11.8. The maximum atomic E-state index is 13.4. The van der Waals surface area contributed by atoms with Gasteiger partial charge in [-0.1, -0.05) is 41.5 Å². The molecule has 1 aliphatic carbocycles. The van der Waals surface area contributed by atoms with E-state index in [1.165, 1.54) is 0 Å². The lowest BCUT2D eigenvalue weighted by Gasteiger charge is -2.39. The van der Waals surface area contributed by atoms with Crippen LogP contribution in [0, 0.1) is 12.8 Å². The molecule has 0 aliphatic heterocycles. The van der Waals surface area contributed by atoms with E-state index >= 15 is 0 Å². The van der Waals surface area contributed by atoms with Gasteiger partial charge in [-0.25, -0.2) is 9.78 Å². The Morgan fingerprint density at radius 3 is 1.91 bits per heavy atom. The first-order valence-corrected chi connectivity index (χ1v) is 14.8. The number of rotatable bonds is 7. The Morgan fingerprint density at radius 2 is 1.48 bits per heavy atom. The van der Waals surface area contributed by atoms with Gasteiger partial charge in [0, 0.05) is 19.0 Å². The van der Waals surface area contributed by atoms with Crippen molar-refractivity contribution in [2.24, 2.45) is 5.92 Å². The van der Waals surface area contributed by atoms with Crippen LogP contribution in [-0.2, 0) is 4.74 Å². The lowest BCUT2D eigenvalue weighted by Crippen LogP contribution is -2.56. The van der Waals surface area contributed by atoms with E-state index in [1.807, 2.05) is 27.7 Å². The number of amides is 1. The molecule has 6 nitrogen and oxygen atoms in total. The first kappa shape index (κ1) is 27.6. The number of Topliss-reactive ketones (excluding diaryl/α,β-unsaturated/α-hetero) is 1. The van der Waals surface area contributed by atoms with E-state index in [4.69, 9.17) is 14.1 Å². The summed E-state index contributed by atoms with van der Waals surface area (Å²) in [5, 5.41) is 0. The van der Waals surface area contributed by atoms with Crippen LogP contribution in [0.4, 0.5) is 4.79 Å². The van der Waals surface area contributed by atoms with Crippen molar-refractivity contribution in [1.82, 2.24) is 9.88 Å². The molecule has 2 rings (SSSR count). The maximum Gasteiger partial charge on any atom is 0.410 e. The summed E-state index contributed by atoms with van der Waals surface area (Å²) in [6, 6.07) is 0.0955. The number of carbonyl (C=O) groups is 2. The van der Waals surface area contributed by atoms with Crippen LogP contribution in [0.1, 0.15) is 104 Å². The molecule has 1 fully saturated rings. The van der Waals surface area contributed by atoms with E-state index in [-0.39, 0.29) is 23.8 Å². The van der Waals surface area contributed by atoms with Gasteiger partial charge in [0.2, 0.25) is 5.78 Å². The summed E-state index contributed by atoms with van der Waals surface area (Å²) in [7, 11) is -0.263. The lowest BCUT2D eigenvalue weighted by atomic mass is 9.82. The van der Waals surface area contributed by atoms with Gasteiger partial charge in [-0.2, -0.15) is 0 Å². The zero-order chi connectivity index (χ0) is 25.3. The summed E-state index contributed by atoms with van der Waals surface area (Å²) < 4.78 is 11.9. The quantitative estimate of drug-likeness (QED) is 0.331. The van der Waals surface area contributed by atoms with Crippen molar-refractivity contribution in [2.45, 2.75) is 123 Å². The summed E-state index contributed by atoms with van der Waals surface area (Å²) in [6.07, 6.45) is 2.76. The Morgan fingerprint density at radius 1 is 1.00 bits per heavy atom. The maximum absolute atomic E-state index is 13.4. The number of hydrogen-bond donors (Lipinski definition) is 0. The molecule has 1 aromatic rings. The fourth-order valence-electron chi connectivity index (χ4n) is 5.94. The van der Waals surface area contributed by atoms with Crippen LogP contribution in [0.3, 0.4) is 0 Å². The standard InChI is InChI=1S/C26H46N2O4Si/c1-16(2)33(17(3)4,18(5)6)24-27-19(7)23(31-24)22(29)20-12-14-21(15-13-20)28(11)25(30)32-26(8,9)10/h16-18,20-21H,12-15H2,1-11H3/t20-,21+. The summed E-state index contributed by atoms with van der Waals surface area (Å²) in [6.45, 7) is 21.2. The van der Waals surface area contributed by atoms with Gasteiger partial charge in [-0.15, -0.1) is 0 Å². The summed E-state index contributed by atoms with van der Waals surface area (Å²) >= 11 is 0. The Balaban J connectivity index is 2.16. The molecule has 1 heterocycles. The molecular formula is C26H46N2O4Si. The normalized spacial score (nSPS) is 19.9. The van der Waals surface area contributed by atoms with Crippen molar-refractivity contribution >= 4 is 25.5 Å². The number of nitrogens with zero attached hydrogens (tertiary/aromatic N) is 2. The van der Waals surface area contributed by atoms with Crippen molar-refractivity contribution in [3.8, 4) is 0 Å². The van der Waals surface area contributed by atoms with Crippen LogP contribution in [0.5, 0.6) is 0 Å². The highest BCUT2D eigenvalue weighted by Crippen LogP contribution is 2.41. The molecule has 1 aromatic heterocycles. The fraction of sp³-hybridized carbons (Fsp3) is 0.808. The molecule has 0 atom stereocenters. The Hall–Kier alpha value is -1.63. The molecule has 1 aliphatic rings. The zero-order valence-electron chi connectivity index (χ0n) is 22.7. The van der Waals surface area contributed by atoms with Gasteiger partial charge in [0.1, 0.15) is 5.60 Å². The van der Waals surface area contributed by atoms with E-state index in [9.17, 15) is 9.59 Å². The number of carbonyl (C=O) groups excluding carboxylic acids is 2. The smallest absolute Gasteiger partial charge is 0.410 e. The van der Waals surface area contributed by atoms with Crippen molar-refractivity contribution < 1.29 is 18.7 Å². The van der Waals surface area contributed by atoms with Gasteiger partial charge in [0.15, 0.2) is 19.3 Å². The predicted octanol–water partition coefficient (Wildman–Crippen LogP) is 6.48. The van der Waals surface area contributed by atoms with E-state index in [2.05, 4.69) is 41.5 Å². The van der Waals surface area contributed by atoms with Crippen LogP contribution < -0.4 is 5.51 Å². The van der Waals surface area contributed by atoms with Crippen LogP contribution in [0.2, 0.25) is 16.6 Å². The monoisotopic (exact) mass is 478 g/mol. The van der Waals surface area contributed by atoms with Gasteiger partial charge in [0.05, 0.1) is 5.69 Å². The van der Waals surface area contributed by atoms with Crippen LogP contribution in [-0.4, -0.2) is 48.5 Å². The largest absolute Gasteiger partial charge is 0.444 e. The Bertz CT molecular complexity index is 808. The zero-order valence-corrected chi connectivity index (χ0v) is 23.7. The second kappa shape index (κ2) is 10.3. The number of ether oxygens (including phenoxy) is 1. The van der Waals surface area contributed by atoms with Crippen molar-refractivity contribution in [2.75, 3.05) is 7.05 Å². The summed E-state index contributed by atoms with van der Waals surface area (Å²) in [5.74, 6) is 0.442. The molecule has 0 saturated heterocycles. The minimum absolute atomic E-state index is 0.0730. The third-order valence-corrected chi connectivity index (χ3v) is 14.2. The molecule has 0 unspecified atom stereocenters. The highest BCUT2D eigenvalue weighted by Gasteiger charge is 2.49. The summed E-state index contributed by atoms with van der Waals surface area (Å²) in [5.41, 5.74) is 2.45. The van der Waals surface area contributed by atoms with Crippen LogP contribution >= 0.6 is 0 Å². The molecule has 0 N–H and O–H groups in total. The number of hydrogen-bond acceptors (Lipinski definition) is 5. The van der Waals surface area contributed by atoms with Crippen molar-refractivity contribution in [3.05, 3.63) is 11.5 Å². The first-order chi connectivity index (χ1) is 15.1. The molecule has 7 heteroatoms. The third kappa shape index (κ3) is 5.72. The molecule has 33 heavy (non-hydrogen) atoms. The van der Waals surface area contributed by atoms with Gasteiger partial charge < -0.3 is 14.1 Å². The average Bonchev–Trinajstić information content (AvgIpc) is 3.06. The second-order valence-corrected chi connectivity index (χ2v) is 17.5. The number of aromatic nitrogens is 1. The molecule has 188 valence electrons. The van der Waals surface area contributed by atoms with E-state index in [0.717, 1.165) is 36.9 Å². The molecular weight excluding hydrogens is 432 g/mol. The first-order valence-electron chi connectivity index (χ1n) is 12.6. The fourth-order valence-corrected chi connectivity index (χ4v) is 12.1. The Labute approximate surface area is 201 Å². The average molecular weight is 479 g/mol. The lowest BCUT2D eigenvalue weighted by molar-refractivity contribution is 0.0174. The highest BCUT2D eigenvalue weighted by atomic mass is 28.3. The molecule has 0 aromatic carbocycles. The molecule has 1 amide bonds. The van der Waals surface area contributed by atoms with Gasteiger partial charge in [-0.3, -0.25) is 4.79 Å². The summed E-state index contributed by atoms with van der Waals surface area (Å²) in [4.78, 5) is 32.4.